The molecule has 0 spiro atoms. The average molecular weight is 387 g/mol. The summed E-state index contributed by atoms with van der Waals surface area (Å²) in [5.41, 5.74) is 3.70. The molecular weight excluding hydrogens is 358 g/mol. The summed E-state index contributed by atoms with van der Waals surface area (Å²) < 4.78 is 27.3. The largest absolute Gasteiger partial charge is 0.493 e. The molecule has 1 atom stereocenters. The molecule has 0 radical (unpaired) electrons. The Morgan fingerprint density at radius 2 is 1.32 bits per heavy atom. The van der Waals surface area contributed by atoms with Crippen molar-refractivity contribution in [2.45, 2.75) is 31.8 Å². The highest BCUT2D eigenvalue weighted by molar-refractivity contribution is 5.54. The normalized spacial score (nSPS) is 16.0. The Bertz CT molecular complexity index is 761. The Hall–Kier alpha value is -2.60. The van der Waals surface area contributed by atoms with Crippen molar-refractivity contribution in [2.24, 2.45) is 0 Å². The van der Waals surface area contributed by atoms with E-state index in [1.54, 1.807) is 35.5 Å². The third-order valence-corrected chi connectivity index (χ3v) is 5.26. The molecule has 1 unspecified atom stereocenters. The van der Waals surface area contributed by atoms with E-state index in [4.69, 9.17) is 23.7 Å². The predicted molar refractivity (Wildman–Crippen MR) is 108 cm³/mol. The maximum atomic E-state index is 5.48. The number of ether oxygens (including phenoxy) is 5. The smallest absolute Gasteiger partial charge is 0.203 e. The van der Waals surface area contributed by atoms with Crippen LogP contribution in [0.25, 0.3) is 0 Å². The molecule has 0 aliphatic carbocycles. The molecule has 152 valence electrons. The molecule has 2 aromatic carbocycles. The molecule has 0 aromatic heterocycles. The van der Waals surface area contributed by atoms with E-state index in [-0.39, 0.29) is 0 Å². The second-order valence-corrected chi connectivity index (χ2v) is 6.83. The van der Waals surface area contributed by atoms with Crippen LogP contribution < -0.4 is 29.0 Å². The van der Waals surface area contributed by atoms with Crippen molar-refractivity contribution in [2.75, 3.05) is 35.5 Å². The summed E-state index contributed by atoms with van der Waals surface area (Å²) in [4.78, 5) is 0. The first kappa shape index (κ1) is 20.1. The fourth-order valence-corrected chi connectivity index (χ4v) is 3.76. The summed E-state index contributed by atoms with van der Waals surface area (Å²) in [6.07, 6.45) is 2.88. The lowest BCUT2D eigenvalue weighted by Crippen LogP contribution is -2.29. The third kappa shape index (κ3) is 4.12. The van der Waals surface area contributed by atoms with Crippen molar-refractivity contribution < 1.29 is 23.7 Å². The molecule has 0 amide bonds. The molecular formula is C22H29NO5. The molecule has 1 aliphatic heterocycles. The number of benzene rings is 2. The molecule has 0 saturated carbocycles. The topological polar surface area (TPSA) is 58.2 Å². The van der Waals surface area contributed by atoms with Crippen molar-refractivity contribution in [1.82, 2.24) is 5.32 Å². The number of hydrogen-bond acceptors (Lipinski definition) is 6. The van der Waals surface area contributed by atoms with Gasteiger partial charge in [-0.3, -0.25) is 0 Å². The molecule has 0 fully saturated rings. The van der Waals surface area contributed by atoms with Crippen molar-refractivity contribution in [3.63, 3.8) is 0 Å². The lowest BCUT2D eigenvalue weighted by atomic mass is 9.98. The lowest BCUT2D eigenvalue weighted by Gasteiger charge is -2.18. The van der Waals surface area contributed by atoms with E-state index in [1.807, 2.05) is 12.1 Å². The highest BCUT2D eigenvalue weighted by Gasteiger charge is 2.20. The zero-order valence-corrected chi connectivity index (χ0v) is 17.3. The van der Waals surface area contributed by atoms with Gasteiger partial charge < -0.3 is 29.0 Å². The monoisotopic (exact) mass is 387 g/mol. The van der Waals surface area contributed by atoms with E-state index in [0.29, 0.717) is 23.3 Å². The SMILES string of the molecule is COc1cc2c(cc1OC)CNC(Cc1cc(OC)c(OC)c(OC)c1)CC2. The summed E-state index contributed by atoms with van der Waals surface area (Å²) in [7, 11) is 8.24. The van der Waals surface area contributed by atoms with Gasteiger partial charge in [-0.25, -0.2) is 0 Å². The van der Waals surface area contributed by atoms with Crippen LogP contribution in [0.5, 0.6) is 28.7 Å². The first-order valence-corrected chi connectivity index (χ1v) is 9.39. The lowest BCUT2D eigenvalue weighted by molar-refractivity contribution is 0.323. The van der Waals surface area contributed by atoms with Crippen LogP contribution in [0.15, 0.2) is 24.3 Å². The summed E-state index contributed by atoms with van der Waals surface area (Å²) >= 11 is 0. The van der Waals surface area contributed by atoms with Gasteiger partial charge in [0, 0.05) is 12.6 Å². The first-order valence-electron chi connectivity index (χ1n) is 9.39. The first-order chi connectivity index (χ1) is 13.6. The van der Waals surface area contributed by atoms with Gasteiger partial charge in [-0.05, 0) is 60.2 Å². The summed E-state index contributed by atoms with van der Waals surface area (Å²) in [6, 6.07) is 8.55. The molecule has 6 nitrogen and oxygen atoms in total. The number of methoxy groups -OCH3 is 5. The fourth-order valence-electron chi connectivity index (χ4n) is 3.76. The minimum absolute atomic E-state index is 0.340. The molecule has 0 saturated heterocycles. The van der Waals surface area contributed by atoms with Crippen molar-refractivity contribution in [1.29, 1.82) is 0 Å². The average Bonchev–Trinajstić information content (AvgIpc) is 2.93. The van der Waals surface area contributed by atoms with Crippen LogP contribution in [0.2, 0.25) is 0 Å². The second-order valence-electron chi connectivity index (χ2n) is 6.83. The quantitative estimate of drug-likeness (QED) is 0.786. The molecule has 1 aliphatic rings. The summed E-state index contributed by atoms with van der Waals surface area (Å²) in [6.45, 7) is 0.796. The van der Waals surface area contributed by atoms with Crippen molar-refractivity contribution in [3.05, 3.63) is 41.0 Å². The van der Waals surface area contributed by atoms with Gasteiger partial charge in [0.05, 0.1) is 35.5 Å². The van der Waals surface area contributed by atoms with E-state index in [2.05, 4.69) is 17.4 Å². The van der Waals surface area contributed by atoms with Crippen molar-refractivity contribution >= 4 is 0 Å². The second kappa shape index (κ2) is 9.06. The molecule has 2 aromatic rings. The number of fused-ring (bicyclic) bond motifs is 1. The number of rotatable bonds is 7. The maximum absolute atomic E-state index is 5.48. The standard InChI is InChI=1S/C22H29NO5/c1-24-18-11-15-6-7-17(23-13-16(15)12-19(18)25-2)8-14-9-20(26-3)22(28-5)21(10-14)27-4/h9-12,17,23H,6-8,13H2,1-5H3. The van der Waals surface area contributed by atoms with Gasteiger partial charge in [-0.2, -0.15) is 0 Å². The molecule has 3 rings (SSSR count). The molecule has 28 heavy (non-hydrogen) atoms. The number of aryl methyl sites for hydroxylation is 1. The number of nitrogens with one attached hydrogen (secondary N) is 1. The Morgan fingerprint density at radius 3 is 1.86 bits per heavy atom. The third-order valence-electron chi connectivity index (χ3n) is 5.26. The van der Waals surface area contributed by atoms with Gasteiger partial charge >= 0.3 is 0 Å². The van der Waals surface area contributed by atoms with Crippen LogP contribution >= 0.6 is 0 Å². The van der Waals surface area contributed by atoms with Gasteiger partial charge in [-0.1, -0.05) is 0 Å². The Labute approximate surface area is 166 Å². The Kier molecular flexibility index (Phi) is 6.52. The summed E-state index contributed by atoms with van der Waals surface area (Å²) in [5.74, 6) is 3.54. The highest BCUT2D eigenvalue weighted by atomic mass is 16.5. The predicted octanol–water partition coefficient (Wildman–Crippen LogP) is 3.38. The van der Waals surface area contributed by atoms with Gasteiger partial charge in [0.15, 0.2) is 23.0 Å². The van der Waals surface area contributed by atoms with Crippen LogP contribution in [-0.2, 0) is 19.4 Å². The van der Waals surface area contributed by atoms with E-state index in [0.717, 1.165) is 42.9 Å². The van der Waals surface area contributed by atoms with Gasteiger partial charge in [0.2, 0.25) is 5.75 Å². The van der Waals surface area contributed by atoms with Crippen LogP contribution in [0.1, 0.15) is 23.1 Å². The zero-order valence-electron chi connectivity index (χ0n) is 17.3. The number of hydrogen-bond donors (Lipinski definition) is 1. The van der Waals surface area contributed by atoms with Gasteiger partial charge in [-0.15, -0.1) is 0 Å². The van der Waals surface area contributed by atoms with E-state index >= 15 is 0 Å². The zero-order chi connectivity index (χ0) is 20.1. The van der Waals surface area contributed by atoms with Crippen molar-refractivity contribution in [3.8, 4) is 28.7 Å². The minimum Gasteiger partial charge on any atom is -0.493 e. The molecule has 6 heteroatoms. The van der Waals surface area contributed by atoms with E-state index in [9.17, 15) is 0 Å². The van der Waals surface area contributed by atoms with Crippen LogP contribution in [0.4, 0.5) is 0 Å². The van der Waals surface area contributed by atoms with E-state index < -0.39 is 0 Å². The maximum Gasteiger partial charge on any atom is 0.203 e. The van der Waals surface area contributed by atoms with Crippen LogP contribution in [-0.4, -0.2) is 41.6 Å². The van der Waals surface area contributed by atoms with E-state index in [1.165, 1.54) is 11.1 Å². The molecule has 1 N–H and O–H groups in total. The Morgan fingerprint density at radius 1 is 0.750 bits per heavy atom. The fraction of sp³-hybridized carbons (Fsp3) is 0.455. The van der Waals surface area contributed by atoms with Gasteiger partial charge in [0.25, 0.3) is 0 Å². The molecule has 0 bridgehead atoms. The van der Waals surface area contributed by atoms with Crippen LogP contribution in [0.3, 0.4) is 0 Å². The molecule has 1 heterocycles. The van der Waals surface area contributed by atoms with Crippen LogP contribution in [0, 0.1) is 0 Å². The summed E-state index contributed by atoms with van der Waals surface area (Å²) in [5, 5.41) is 3.67. The highest BCUT2D eigenvalue weighted by Crippen LogP contribution is 2.39. The Balaban J connectivity index is 1.78. The van der Waals surface area contributed by atoms with Gasteiger partial charge in [0.1, 0.15) is 0 Å². The minimum atomic E-state index is 0.340.